The maximum atomic E-state index is 4.92. The highest BCUT2D eigenvalue weighted by Gasteiger charge is 2.42. The zero-order valence-electron chi connectivity index (χ0n) is 14.0. The molecule has 0 aliphatic heterocycles. The van der Waals surface area contributed by atoms with Gasteiger partial charge in [-0.25, -0.2) is 0 Å². The molecule has 20 heavy (non-hydrogen) atoms. The first-order valence-corrected chi connectivity index (χ1v) is 8.22. The van der Waals surface area contributed by atoms with Crippen molar-refractivity contribution < 1.29 is 0 Å². The molecule has 2 unspecified atom stereocenters. The van der Waals surface area contributed by atoms with Crippen molar-refractivity contribution >= 4 is 0 Å². The quantitative estimate of drug-likeness (QED) is 0.638. The maximum absolute atomic E-state index is 4.92. The molecule has 1 heteroatoms. The summed E-state index contributed by atoms with van der Waals surface area (Å²) in [6.07, 6.45) is 7.72. The van der Waals surface area contributed by atoms with Crippen LogP contribution in [-0.2, 0) is 17.3 Å². The fourth-order valence-electron chi connectivity index (χ4n) is 4.36. The third kappa shape index (κ3) is 2.10. The van der Waals surface area contributed by atoms with E-state index in [2.05, 4.69) is 47.7 Å². The second-order valence-corrected chi connectivity index (χ2v) is 8.91. The number of hydrogen-bond donors (Lipinski definition) is 0. The largest absolute Gasteiger partial charge is 0.260 e. The molecule has 3 rings (SSSR count). The van der Waals surface area contributed by atoms with Gasteiger partial charge in [0.05, 0.1) is 0 Å². The summed E-state index contributed by atoms with van der Waals surface area (Å²) in [5.74, 6) is 1.72. The predicted molar refractivity (Wildman–Crippen MR) is 85.4 cm³/mol. The molecule has 2 aliphatic carbocycles. The van der Waals surface area contributed by atoms with Crippen molar-refractivity contribution in [2.24, 2.45) is 5.92 Å². The standard InChI is InChI=1S/C19H29N/c1-18(2,3)15-11-20-17(19(4,5)6)14-10-12-8-7-9-13(12)16(14)15/h11-13H,7-10H2,1-6H3. The van der Waals surface area contributed by atoms with Crippen molar-refractivity contribution in [3.8, 4) is 0 Å². The Bertz CT molecular complexity index is 528. The molecule has 0 saturated heterocycles. The van der Waals surface area contributed by atoms with Gasteiger partial charge in [0.25, 0.3) is 0 Å². The third-order valence-corrected chi connectivity index (χ3v) is 5.24. The lowest BCUT2D eigenvalue weighted by Crippen LogP contribution is -2.21. The lowest BCUT2D eigenvalue weighted by atomic mass is 9.78. The van der Waals surface area contributed by atoms with Gasteiger partial charge in [0, 0.05) is 17.3 Å². The predicted octanol–water partition coefficient (Wildman–Crippen LogP) is 5.12. The summed E-state index contributed by atoms with van der Waals surface area (Å²) in [5.41, 5.74) is 6.55. The molecule has 0 aromatic carbocycles. The zero-order valence-corrected chi connectivity index (χ0v) is 14.0. The van der Waals surface area contributed by atoms with E-state index >= 15 is 0 Å². The van der Waals surface area contributed by atoms with Crippen LogP contribution in [0.4, 0.5) is 0 Å². The first-order chi connectivity index (χ1) is 9.19. The molecule has 1 heterocycles. The molecule has 1 fully saturated rings. The van der Waals surface area contributed by atoms with Gasteiger partial charge in [-0.05, 0) is 53.2 Å². The molecule has 1 nitrogen and oxygen atoms in total. The van der Waals surface area contributed by atoms with Gasteiger partial charge in [0.1, 0.15) is 0 Å². The Labute approximate surface area is 124 Å². The third-order valence-electron chi connectivity index (χ3n) is 5.24. The minimum Gasteiger partial charge on any atom is -0.260 e. The molecule has 0 N–H and O–H groups in total. The highest BCUT2D eigenvalue weighted by atomic mass is 14.7. The van der Waals surface area contributed by atoms with Gasteiger partial charge in [-0.2, -0.15) is 0 Å². The number of rotatable bonds is 0. The lowest BCUT2D eigenvalue weighted by Gasteiger charge is -2.28. The van der Waals surface area contributed by atoms with Crippen LogP contribution in [0.1, 0.15) is 89.1 Å². The van der Waals surface area contributed by atoms with Gasteiger partial charge >= 0.3 is 0 Å². The fraction of sp³-hybridized carbons (Fsp3) is 0.737. The van der Waals surface area contributed by atoms with E-state index in [0.717, 1.165) is 11.8 Å². The van der Waals surface area contributed by atoms with E-state index < -0.39 is 0 Å². The summed E-state index contributed by atoms with van der Waals surface area (Å²) in [5, 5.41) is 0. The summed E-state index contributed by atoms with van der Waals surface area (Å²) in [6, 6.07) is 0. The molecule has 2 aliphatic rings. The number of nitrogens with zero attached hydrogens (tertiary/aromatic N) is 1. The average molecular weight is 271 g/mol. The van der Waals surface area contributed by atoms with Gasteiger partial charge < -0.3 is 0 Å². The lowest BCUT2D eigenvalue weighted by molar-refractivity contribution is 0.512. The number of fused-ring (bicyclic) bond motifs is 3. The Balaban J connectivity index is 2.22. The van der Waals surface area contributed by atoms with E-state index in [0.29, 0.717) is 0 Å². The molecule has 0 amide bonds. The molecule has 0 radical (unpaired) electrons. The summed E-state index contributed by atoms with van der Waals surface area (Å²) < 4.78 is 0. The van der Waals surface area contributed by atoms with Crippen molar-refractivity contribution in [2.75, 3.05) is 0 Å². The van der Waals surface area contributed by atoms with E-state index in [1.54, 1.807) is 11.1 Å². The van der Waals surface area contributed by atoms with Crippen LogP contribution in [0.5, 0.6) is 0 Å². The SMILES string of the molecule is CC(C)(C)c1cnc(C(C)(C)C)c2c1C1CCCC1C2. The van der Waals surface area contributed by atoms with E-state index in [1.165, 1.54) is 36.9 Å². The van der Waals surface area contributed by atoms with Crippen LogP contribution >= 0.6 is 0 Å². The molecule has 1 saturated carbocycles. The topological polar surface area (TPSA) is 12.9 Å². The van der Waals surface area contributed by atoms with Crippen molar-refractivity contribution in [1.82, 2.24) is 4.98 Å². The Morgan fingerprint density at radius 2 is 1.70 bits per heavy atom. The van der Waals surface area contributed by atoms with Crippen LogP contribution in [0.2, 0.25) is 0 Å². The van der Waals surface area contributed by atoms with E-state index in [-0.39, 0.29) is 10.8 Å². The number of hydrogen-bond acceptors (Lipinski definition) is 1. The van der Waals surface area contributed by atoms with Gasteiger partial charge in [0.2, 0.25) is 0 Å². The zero-order chi connectivity index (χ0) is 14.7. The van der Waals surface area contributed by atoms with Gasteiger partial charge in [-0.3, -0.25) is 4.98 Å². The smallest absolute Gasteiger partial charge is 0.0492 e. The maximum Gasteiger partial charge on any atom is 0.0492 e. The second-order valence-electron chi connectivity index (χ2n) is 8.91. The molecule has 1 aromatic rings. The normalized spacial score (nSPS) is 25.7. The Morgan fingerprint density at radius 1 is 1.00 bits per heavy atom. The molecule has 110 valence electrons. The van der Waals surface area contributed by atoms with Crippen LogP contribution in [-0.4, -0.2) is 4.98 Å². The molecule has 0 bridgehead atoms. The average Bonchev–Trinajstić information content (AvgIpc) is 2.84. The van der Waals surface area contributed by atoms with Gasteiger partial charge in [-0.15, -0.1) is 0 Å². The van der Waals surface area contributed by atoms with Crippen molar-refractivity contribution in [2.45, 2.75) is 84.0 Å². The summed E-state index contributed by atoms with van der Waals surface area (Å²) in [7, 11) is 0. The molecular weight excluding hydrogens is 242 g/mol. The summed E-state index contributed by atoms with van der Waals surface area (Å²) >= 11 is 0. The first-order valence-electron chi connectivity index (χ1n) is 8.22. The monoisotopic (exact) mass is 271 g/mol. The summed E-state index contributed by atoms with van der Waals surface area (Å²) in [6.45, 7) is 13.9. The van der Waals surface area contributed by atoms with Crippen LogP contribution in [0.15, 0.2) is 6.20 Å². The second kappa shape index (κ2) is 4.32. The van der Waals surface area contributed by atoms with E-state index in [4.69, 9.17) is 4.98 Å². The van der Waals surface area contributed by atoms with E-state index in [9.17, 15) is 0 Å². The highest BCUT2D eigenvalue weighted by Crippen LogP contribution is 2.52. The van der Waals surface area contributed by atoms with Crippen LogP contribution in [0, 0.1) is 5.92 Å². The fourth-order valence-corrected chi connectivity index (χ4v) is 4.36. The molecule has 2 atom stereocenters. The number of aromatic nitrogens is 1. The van der Waals surface area contributed by atoms with Crippen LogP contribution < -0.4 is 0 Å². The Hall–Kier alpha value is -0.850. The van der Waals surface area contributed by atoms with Crippen molar-refractivity contribution in [3.63, 3.8) is 0 Å². The van der Waals surface area contributed by atoms with Gasteiger partial charge in [0.15, 0.2) is 0 Å². The van der Waals surface area contributed by atoms with Crippen LogP contribution in [0.3, 0.4) is 0 Å². The Morgan fingerprint density at radius 3 is 2.30 bits per heavy atom. The molecular formula is C19H29N. The van der Waals surface area contributed by atoms with Crippen LogP contribution in [0.25, 0.3) is 0 Å². The van der Waals surface area contributed by atoms with Gasteiger partial charge in [-0.1, -0.05) is 48.0 Å². The van der Waals surface area contributed by atoms with E-state index in [1.807, 2.05) is 0 Å². The molecule has 0 spiro atoms. The number of pyridine rings is 1. The minimum absolute atomic E-state index is 0.166. The highest BCUT2D eigenvalue weighted by molar-refractivity contribution is 5.48. The van der Waals surface area contributed by atoms with Crippen molar-refractivity contribution in [1.29, 1.82) is 0 Å². The first kappa shape index (κ1) is 14.1. The minimum atomic E-state index is 0.166. The Kier molecular flexibility index (Phi) is 3.05. The molecule has 1 aromatic heterocycles. The van der Waals surface area contributed by atoms with Crippen molar-refractivity contribution in [3.05, 3.63) is 28.6 Å². The summed E-state index contributed by atoms with van der Waals surface area (Å²) in [4.78, 5) is 4.92.